The van der Waals surface area contributed by atoms with Crippen LogP contribution >= 0.6 is 0 Å². The highest BCUT2D eigenvalue weighted by Crippen LogP contribution is 2.31. The van der Waals surface area contributed by atoms with Crippen molar-refractivity contribution in [2.45, 2.75) is 24.9 Å². The molecule has 2 atom stereocenters. The molecule has 16 heavy (non-hydrogen) atoms. The zero-order valence-electron chi connectivity index (χ0n) is 10.7. The second-order valence-electron chi connectivity index (χ2n) is 4.00. The molecule has 1 heterocycles. The summed E-state index contributed by atoms with van der Waals surface area (Å²) in [7, 11) is 2.50. The van der Waals surface area contributed by atoms with E-state index in [0.717, 1.165) is 26.1 Å². The highest BCUT2D eigenvalue weighted by molar-refractivity contribution is 6.62. The van der Waals surface area contributed by atoms with Crippen LogP contribution in [0.15, 0.2) is 0 Å². The van der Waals surface area contributed by atoms with Gasteiger partial charge in [0.1, 0.15) is 0 Å². The van der Waals surface area contributed by atoms with Crippen molar-refractivity contribution in [1.29, 1.82) is 0 Å². The van der Waals surface area contributed by atoms with Crippen LogP contribution in [0.5, 0.6) is 0 Å². The molecule has 1 fully saturated rings. The van der Waals surface area contributed by atoms with Crippen molar-refractivity contribution in [3.63, 3.8) is 0 Å². The molecule has 2 unspecified atom stereocenters. The van der Waals surface area contributed by atoms with Crippen molar-refractivity contribution in [1.82, 2.24) is 10.6 Å². The van der Waals surface area contributed by atoms with Gasteiger partial charge in [0.05, 0.1) is 0 Å². The Kier molecular flexibility index (Phi) is 5.88. The smallest absolute Gasteiger partial charge is 0.377 e. The largest absolute Gasteiger partial charge is 0.505 e. The maximum atomic E-state index is 5.57. The Balaban J connectivity index is 2.76. The third kappa shape index (κ3) is 2.82. The lowest BCUT2D eigenvalue weighted by atomic mass is 10.1. The first-order valence-corrected chi connectivity index (χ1v) is 7.63. The van der Waals surface area contributed by atoms with Gasteiger partial charge in [-0.3, -0.25) is 0 Å². The lowest BCUT2D eigenvalue weighted by molar-refractivity contribution is 0.102. The number of nitrogens with one attached hydrogen (secondary N) is 2. The van der Waals surface area contributed by atoms with Crippen LogP contribution in [0.2, 0.25) is 5.54 Å². The Labute approximate surface area is 99.2 Å². The van der Waals surface area contributed by atoms with E-state index in [4.69, 9.17) is 13.3 Å². The molecule has 0 aromatic carbocycles. The molecule has 96 valence electrons. The van der Waals surface area contributed by atoms with Crippen LogP contribution in [0.1, 0.15) is 13.3 Å². The highest BCUT2D eigenvalue weighted by Gasteiger charge is 2.50. The third-order valence-electron chi connectivity index (χ3n) is 3.31. The van der Waals surface area contributed by atoms with Crippen LogP contribution < -0.4 is 10.6 Å². The summed E-state index contributed by atoms with van der Waals surface area (Å²) >= 11 is 0. The summed E-state index contributed by atoms with van der Waals surface area (Å²) in [6.45, 7) is 5.11. The zero-order valence-corrected chi connectivity index (χ0v) is 11.7. The van der Waals surface area contributed by atoms with E-state index in [2.05, 4.69) is 17.6 Å². The summed E-state index contributed by atoms with van der Waals surface area (Å²) in [6, 6.07) is 0.366. The van der Waals surface area contributed by atoms with E-state index >= 15 is 0 Å². The van der Waals surface area contributed by atoms with E-state index < -0.39 is 8.80 Å². The fourth-order valence-corrected chi connectivity index (χ4v) is 5.08. The molecular formula is C10H24N2O3Si. The van der Waals surface area contributed by atoms with Crippen LogP contribution in [0.4, 0.5) is 0 Å². The Morgan fingerprint density at radius 2 is 1.81 bits per heavy atom. The molecule has 6 heteroatoms. The van der Waals surface area contributed by atoms with Gasteiger partial charge in [-0.1, -0.05) is 6.92 Å². The van der Waals surface area contributed by atoms with E-state index in [9.17, 15) is 0 Å². The summed E-state index contributed by atoms with van der Waals surface area (Å²) in [5.41, 5.74) is 0.292. The van der Waals surface area contributed by atoms with Gasteiger partial charge in [-0.05, 0) is 6.42 Å². The third-order valence-corrected chi connectivity index (χ3v) is 6.73. The van der Waals surface area contributed by atoms with Gasteiger partial charge in [0.2, 0.25) is 0 Å². The van der Waals surface area contributed by atoms with Gasteiger partial charge in [-0.15, -0.1) is 0 Å². The molecule has 0 aromatic rings. The molecule has 0 aromatic heterocycles. The van der Waals surface area contributed by atoms with Gasteiger partial charge < -0.3 is 23.9 Å². The first-order valence-electron chi connectivity index (χ1n) is 5.83. The second kappa shape index (κ2) is 6.68. The minimum absolute atomic E-state index is 0.292. The standard InChI is InChI=1S/C10H24N2O3Si/c1-5-10(9-8-11-6-7-12-9)16(13-2,14-3)15-4/h9-12H,5-8H2,1-4H3. The van der Waals surface area contributed by atoms with Crippen LogP contribution in [-0.2, 0) is 13.3 Å². The molecule has 0 aliphatic carbocycles. The first-order chi connectivity index (χ1) is 7.74. The van der Waals surface area contributed by atoms with Gasteiger partial charge in [0.15, 0.2) is 0 Å². The van der Waals surface area contributed by atoms with E-state index in [0.29, 0.717) is 11.6 Å². The lowest BCUT2D eigenvalue weighted by Gasteiger charge is -2.39. The van der Waals surface area contributed by atoms with Gasteiger partial charge >= 0.3 is 8.80 Å². The SMILES string of the molecule is CCC(C1CNCCN1)[Si](OC)(OC)OC. The van der Waals surface area contributed by atoms with Crippen LogP contribution in [0.25, 0.3) is 0 Å². The number of rotatable bonds is 6. The van der Waals surface area contributed by atoms with Gasteiger partial charge in [-0.25, -0.2) is 0 Å². The Bertz CT molecular complexity index is 188. The molecular weight excluding hydrogens is 224 g/mol. The normalized spacial score (nSPS) is 24.4. The van der Waals surface area contributed by atoms with E-state index in [1.807, 2.05) is 0 Å². The van der Waals surface area contributed by atoms with Crippen molar-refractivity contribution in [3.8, 4) is 0 Å². The summed E-state index contributed by atoms with van der Waals surface area (Å²) in [4.78, 5) is 0. The molecule has 1 aliphatic rings. The predicted molar refractivity (Wildman–Crippen MR) is 65.5 cm³/mol. The monoisotopic (exact) mass is 248 g/mol. The first kappa shape index (κ1) is 14.1. The molecule has 0 radical (unpaired) electrons. The fourth-order valence-electron chi connectivity index (χ4n) is 2.45. The lowest BCUT2D eigenvalue weighted by Crippen LogP contribution is -2.59. The predicted octanol–water partition coefficient (Wildman–Crippen LogP) is 0.206. The summed E-state index contributed by atoms with van der Waals surface area (Å²) in [5, 5.41) is 6.90. The molecule has 0 amide bonds. The van der Waals surface area contributed by atoms with Gasteiger partial charge in [0.25, 0.3) is 0 Å². The molecule has 1 aliphatic heterocycles. The minimum atomic E-state index is -2.54. The molecule has 0 spiro atoms. The molecule has 1 rings (SSSR count). The van der Waals surface area contributed by atoms with Crippen molar-refractivity contribution in [2.75, 3.05) is 41.0 Å². The maximum Gasteiger partial charge on any atom is 0.505 e. The maximum absolute atomic E-state index is 5.57. The Morgan fingerprint density at radius 1 is 1.19 bits per heavy atom. The molecule has 1 saturated heterocycles. The van der Waals surface area contributed by atoms with E-state index in [1.54, 1.807) is 21.3 Å². The average molecular weight is 248 g/mol. The fraction of sp³-hybridized carbons (Fsp3) is 1.00. The van der Waals surface area contributed by atoms with Crippen molar-refractivity contribution >= 4 is 8.80 Å². The topological polar surface area (TPSA) is 51.8 Å². The number of hydrogen-bond acceptors (Lipinski definition) is 5. The Morgan fingerprint density at radius 3 is 2.19 bits per heavy atom. The van der Waals surface area contributed by atoms with Crippen molar-refractivity contribution in [2.24, 2.45) is 0 Å². The Hall–Kier alpha value is 0.0169. The van der Waals surface area contributed by atoms with Crippen LogP contribution in [0, 0.1) is 0 Å². The molecule has 0 saturated carbocycles. The average Bonchev–Trinajstić information content (AvgIpc) is 2.37. The number of hydrogen-bond donors (Lipinski definition) is 2. The van der Waals surface area contributed by atoms with E-state index in [1.165, 1.54) is 0 Å². The van der Waals surface area contributed by atoms with Gasteiger partial charge in [-0.2, -0.15) is 0 Å². The summed E-state index contributed by atoms with van der Waals surface area (Å²) < 4.78 is 16.7. The van der Waals surface area contributed by atoms with Crippen molar-refractivity contribution in [3.05, 3.63) is 0 Å². The van der Waals surface area contributed by atoms with Crippen LogP contribution in [0.3, 0.4) is 0 Å². The highest BCUT2D eigenvalue weighted by atomic mass is 28.4. The van der Waals surface area contributed by atoms with Gasteiger partial charge in [0, 0.05) is 52.5 Å². The quantitative estimate of drug-likeness (QED) is 0.658. The van der Waals surface area contributed by atoms with E-state index in [-0.39, 0.29) is 0 Å². The summed E-state index contributed by atoms with van der Waals surface area (Å²) in [5.74, 6) is 0. The number of piperazine rings is 1. The molecule has 5 nitrogen and oxygen atoms in total. The molecule has 0 bridgehead atoms. The zero-order chi connectivity index (χ0) is 12.0. The van der Waals surface area contributed by atoms with Crippen molar-refractivity contribution < 1.29 is 13.3 Å². The minimum Gasteiger partial charge on any atom is -0.377 e. The molecule has 2 N–H and O–H groups in total. The summed E-state index contributed by atoms with van der Waals surface area (Å²) in [6.07, 6.45) is 0.987. The second-order valence-corrected chi connectivity index (χ2v) is 7.17. The van der Waals surface area contributed by atoms with Crippen LogP contribution in [-0.4, -0.2) is 55.8 Å².